The predicted molar refractivity (Wildman–Crippen MR) is 77.0 cm³/mol. The van der Waals surface area contributed by atoms with Crippen LogP contribution < -0.4 is 9.50 Å². The molecule has 0 heterocycles. The number of likely N-dealkylation sites (N-methyl/N-ethyl adjacent to an activating group) is 1. The van der Waals surface area contributed by atoms with E-state index in [1.165, 1.54) is 0 Å². The summed E-state index contributed by atoms with van der Waals surface area (Å²) < 4.78 is 5.28. The van der Waals surface area contributed by atoms with Gasteiger partial charge >= 0.3 is 0 Å². The number of aliphatic hydroxyl groups excluding tert-OH is 1. The number of thiol groups is 1. The highest BCUT2D eigenvalue weighted by atomic mass is 33.5. The Hall–Kier alpha value is 0.0800. The summed E-state index contributed by atoms with van der Waals surface area (Å²) in [6.45, 7) is -1.63. The van der Waals surface area contributed by atoms with Crippen molar-refractivity contribution in [1.29, 1.82) is 0 Å². The maximum absolute atomic E-state index is 9.69. The fourth-order valence-corrected chi connectivity index (χ4v) is 2.26. The van der Waals surface area contributed by atoms with E-state index in [9.17, 15) is 5.11 Å². The molecule has 0 fully saturated rings. The van der Waals surface area contributed by atoms with Gasteiger partial charge in [0.25, 0.3) is 0 Å². The number of hydrogen-bond donors (Lipinski definition) is 3. The van der Waals surface area contributed by atoms with E-state index >= 15 is 0 Å². The first-order valence-electron chi connectivity index (χ1n) is 4.52. The zero-order valence-electron chi connectivity index (χ0n) is 8.62. The second kappa shape index (κ2) is 6.13. The van der Waals surface area contributed by atoms with Gasteiger partial charge < -0.3 is 14.6 Å². The van der Waals surface area contributed by atoms with E-state index in [0.717, 1.165) is 5.56 Å². The van der Waals surface area contributed by atoms with Gasteiger partial charge in [-0.1, -0.05) is 23.8 Å². The summed E-state index contributed by atoms with van der Waals surface area (Å²) in [5.74, 6) is 0.579. The monoisotopic (exact) mass is 295 g/mol. The average molecular weight is 295 g/mol. The Morgan fingerprint density at radius 1 is 1.44 bits per heavy atom. The van der Waals surface area contributed by atoms with Crippen LogP contribution in [0, 0.1) is 0 Å². The topological polar surface area (TPSA) is 41.5 Å². The maximum atomic E-state index is 9.69. The van der Waals surface area contributed by atoms with E-state index in [-0.39, 0.29) is 0 Å². The van der Waals surface area contributed by atoms with E-state index in [0.29, 0.717) is 12.3 Å². The molecule has 0 saturated heterocycles. The lowest BCUT2D eigenvalue weighted by atomic mass is 10.1. The molecule has 0 spiro atoms. The minimum Gasteiger partial charge on any atom is -0.413 e. The van der Waals surface area contributed by atoms with Crippen LogP contribution in [-0.4, -0.2) is 18.7 Å². The molecule has 1 aromatic rings. The zero-order valence-corrected chi connectivity index (χ0v) is 12.0. The Morgan fingerprint density at radius 2 is 2.00 bits per heavy atom. The molecule has 90 valence electrons. The molecule has 1 atom stereocenters. The fraction of sp³-hybridized carbons (Fsp3) is 0.333. The Morgan fingerprint density at radius 3 is 2.44 bits per heavy atom. The number of hydrogen-bond acceptors (Lipinski definition) is 5. The maximum Gasteiger partial charge on any atom is 0.139 e. The third kappa shape index (κ3) is 4.94. The van der Waals surface area contributed by atoms with Crippen LogP contribution in [0.4, 0.5) is 0 Å². The van der Waals surface area contributed by atoms with E-state index in [2.05, 4.69) is 17.0 Å². The molecule has 1 unspecified atom stereocenters. The Bertz CT molecular complexity index is 429. The molecule has 0 aromatic heterocycles. The minimum absolute atomic E-state index is 0.504. The Balaban J connectivity index is 2.75. The summed E-state index contributed by atoms with van der Waals surface area (Å²) in [5, 5.41) is 12.6. The van der Waals surface area contributed by atoms with Gasteiger partial charge in [0, 0.05) is 28.9 Å². The average Bonchev–Trinajstić information content (AvgIpc) is 2.16. The minimum atomic E-state index is -2.13. The molecule has 7 heteroatoms. The normalized spacial score (nSPS) is 13.4. The van der Waals surface area contributed by atoms with Crippen LogP contribution in [0.5, 0.6) is 5.75 Å². The lowest BCUT2D eigenvalue weighted by molar-refractivity contribution is 0.178. The molecule has 0 aliphatic carbocycles. The van der Waals surface area contributed by atoms with Gasteiger partial charge in [0.2, 0.25) is 0 Å². The molecular weight excluding hydrogens is 282 g/mol. The first-order valence-corrected chi connectivity index (χ1v) is 8.98. The van der Waals surface area contributed by atoms with E-state index in [1.54, 1.807) is 31.3 Å². The van der Waals surface area contributed by atoms with Gasteiger partial charge in [0.05, 0.1) is 6.10 Å². The smallest absolute Gasteiger partial charge is 0.139 e. The first-order chi connectivity index (χ1) is 7.42. The highest BCUT2D eigenvalue weighted by Gasteiger charge is 2.06. The van der Waals surface area contributed by atoms with E-state index in [1.807, 2.05) is 0 Å². The Labute approximate surface area is 110 Å². The largest absolute Gasteiger partial charge is 0.413 e. The van der Waals surface area contributed by atoms with Gasteiger partial charge in [-0.05, 0) is 24.7 Å². The molecule has 0 radical (unpaired) electrons. The lowest BCUT2D eigenvalue weighted by Crippen LogP contribution is -2.16. The third-order valence-corrected chi connectivity index (χ3v) is 2.90. The van der Waals surface area contributed by atoms with Crippen molar-refractivity contribution in [3.05, 3.63) is 29.8 Å². The van der Waals surface area contributed by atoms with Crippen LogP contribution in [0.2, 0.25) is 0 Å². The molecule has 0 saturated carbocycles. The van der Waals surface area contributed by atoms with Crippen molar-refractivity contribution in [3.8, 4) is 5.75 Å². The van der Waals surface area contributed by atoms with Crippen molar-refractivity contribution in [2.24, 2.45) is 0 Å². The van der Waals surface area contributed by atoms with Crippen molar-refractivity contribution < 1.29 is 9.29 Å². The second-order valence-corrected chi connectivity index (χ2v) is 10.7. The van der Waals surface area contributed by atoms with Gasteiger partial charge in [-0.2, -0.15) is 0 Å². The van der Waals surface area contributed by atoms with Crippen molar-refractivity contribution in [2.75, 3.05) is 13.6 Å². The Kier molecular flexibility index (Phi) is 5.42. The fourth-order valence-electron chi connectivity index (χ4n) is 1.18. The number of aliphatic hydroxyl groups is 1. The zero-order chi connectivity index (χ0) is 12.2. The quantitative estimate of drug-likeness (QED) is 0.562. The van der Waals surface area contributed by atoms with Crippen molar-refractivity contribution in [3.63, 3.8) is 0 Å². The molecule has 1 aromatic carbocycles. The van der Waals surface area contributed by atoms with Gasteiger partial charge in [0.15, 0.2) is 0 Å². The number of rotatable bonds is 5. The standard InChI is InChI=1S/C9H13NO2S4/c1-10-6-9(11)7-2-4-8(5-3-7)12-16(13,14)15/h2-5,9-11H,6H2,1H3,(H,13,14,15). The van der Waals surface area contributed by atoms with Crippen LogP contribution in [-0.2, 0) is 28.8 Å². The molecule has 0 aliphatic rings. The van der Waals surface area contributed by atoms with Gasteiger partial charge in [-0.25, -0.2) is 0 Å². The van der Waals surface area contributed by atoms with Crippen LogP contribution >= 0.6 is 11.7 Å². The predicted octanol–water partition coefficient (Wildman–Crippen LogP) is 1.16. The van der Waals surface area contributed by atoms with Gasteiger partial charge in [-0.3, -0.25) is 0 Å². The molecule has 1 rings (SSSR count). The third-order valence-electron chi connectivity index (χ3n) is 1.86. The van der Waals surface area contributed by atoms with Crippen molar-refractivity contribution in [2.45, 2.75) is 6.10 Å². The van der Waals surface area contributed by atoms with Gasteiger partial charge in [-0.15, -0.1) is 0 Å². The van der Waals surface area contributed by atoms with Crippen LogP contribution in [0.25, 0.3) is 0 Å². The molecule has 0 bridgehead atoms. The van der Waals surface area contributed by atoms with Crippen LogP contribution in [0.3, 0.4) is 0 Å². The summed E-state index contributed by atoms with van der Waals surface area (Å²) in [6, 6.07) is 7.01. The highest BCUT2D eigenvalue weighted by Crippen LogP contribution is 2.19. The number of nitrogens with one attached hydrogen (secondary N) is 1. The summed E-state index contributed by atoms with van der Waals surface area (Å²) in [5.41, 5.74) is 0.815. The molecule has 3 nitrogen and oxygen atoms in total. The lowest BCUT2D eigenvalue weighted by Gasteiger charge is -2.11. The van der Waals surface area contributed by atoms with Crippen molar-refractivity contribution in [1.82, 2.24) is 5.32 Å². The molecule has 16 heavy (non-hydrogen) atoms. The molecule has 0 amide bonds. The molecule has 0 aliphatic heterocycles. The summed E-state index contributed by atoms with van der Waals surface area (Å²) >= 11 is 13.7. The van der Waals surface area contributed by atoms with Crippen molar-refractivity contribution >= 4 is 40.5 Å². The van der Waals surface area contributed by atoms with E-state index in [4.69, 9.17) is 26.6 Å². The summed E-state index contributed by atoms with van der Waals surface area (Å²) in [6.07, 6.45) is -0.529. The first kappa shape index (κ1) is 14.1. The van der Waals surface area contributed by atoms with Crippen LogP contribution in [0.1, 0.15) is 11.7 Å². The molecular formula is C9H13NO2S4. The highest BCUT2D eigenvalue weighted by molar-refractivity contribution is 8.91. The van der Waals surface area contributed by atoms with E-state index < -0.39 is 12.6 Å². The summed E-state index contributed by atoms with van der Waals surface area (Å²) in [7, 11) is 1.79. The molecule has 2 N–H and O–H groups in total. The SMILES string of the molecule is CNCC(O)c1ccc(OS(=S)(=S)S)cc1. The van der Waals surface area contributed by atoms with Gasteiger partial charge in [0.1, 0.15) is 12.2 Å². The van der Waals surface area contributed by atoms with Crippen LogP contribution in [0.15, 0.2) is 24.3 Å². The number of benzene rings is 1. The second-order valence-electron chi connectivity index (χ2n) is 3.15. The summed E-state index contributed by atoms with van der Waals surface area (Å²) in [4.78, 5) is 0.